The van der Waals surface area contributed by atoms with Gasteiger partial charge in [-0.3, -0.25) is 9.59 Å². The SMILES string of the molecule is CC(=O)NCC#Cc1ccc(Cl)c(C(C)=O)c1. The maximum Gasteiger partial charge on any atom is 0.217 e. The third kappa shape index (κ3) is 4.29. The third-order valence-electron chi connectivity index (χ3n) is 2.00. The molecule has 0 saturated carbocycles. The molecule has 1 amide bonds. The number of halogens is 1. The molecular weight excluding hydrogens is 238 g/mol. The van der Waals surface area contributed by atoms with E-state index in [4.69, 9.17) is 11.6 Å². The van der Waals surface area contributed by atoms with Crippen LogP contribution in [0.5, 0.6) is 0 Å². The van der Waals surface area contributed by atoms with Gasteiger partial charge in [0.2, 0.25) is 5.91 Å². The minimum atomic E-state index is -0.125. The summed E-state index contributed by atoms with van der Waals surface area (Å²) < 4.78 is 0. The van der Waals surface area contributed by atoms with Crippen LogP contribution in [-0.2, 0) is 4.79 Å². The molecule has 1 aromatic carbocycles. The molecule has 3 nitrogen and oxygen atoms in total. The fraction of sp³-hybridized carbons (Fsp3) is 0.231. The van der Waals surface area contributed by atoms with Crippen molar-refractivity contribution in [2.45, 2.75) is 13.8 Å². The molecule has 1 N–H and O–H groups in total. The summed E-state index contributed by atoms with van der Waals surface area (Å²) >= 11 is 5.87. The summed E-state index contributed by atoms with van der Waals surface area (Å²) in [6.45, 7) is 3.17. The van der Waals surface area contributed by atoms with Crippen LogP contribution >= 0.6 is 11.6 Å². The van der Waals surface area contributed by atoms with Crippen molar-refractivity contribution in [3.63, 3.8) is 0 Å². The van der Waals surface area contributed by atoms with E-state index in [9.17, 15) is 9.59 Å². The minimum absolute atomic E-state index is 0.0967. The number of benzene rings is 1. The fourth-order valence-electron chi connectivity index (χ4n) is 1.19. The van der Waals surface area contributed by atoms with Gasteiger partial charge in [-0.05, 0) is 25.1 Å². The first-order valence-electron chi connectivity index (χ1n) is 5.04. The molecule has 88 valence electrons. The van der Waals surface area contributed by atoms with Gasteiger partial charge in [0.15, 0.2) is 5.78 Å². The zero-order valence-corrected chi connectivity index (χ0v) is 10.4. The van der Waals surface area contributed by atoms with Gasteiger partial charge in [0.05, 0.1) is 11.6 Å². The molecular formula is C13H12ClNO2. The average Bonchev–Trinajstić information content (AvgIpc) is 2.25. The first-order valence-corrected chi connectivity index (χ1v) is 5.42. The first kappa shape index (κ1) is 13.3. The van der Waals surface area contributed by atoms with Gasteiger partial charge in [0.1, 0.15) is 0 Å². The van der Waals surface area contributed by atoms with Gasteiger partial charge in [0.25, 0.3) is 0 Å². The summed E-state index contributed by atoms with van der Waals surface area (Å²) in [6, 6.07) is 5.02. The topological polar surface area (TPSA) is 46.2 Å². The Balaban J connectivity index is 2.82. The molecule has 1 aromatic rings. The lowest BCUT2D eigenvalue weighted by Gasteiger charge is -1.99. The fourth-order valence-corrected chi connectivity index (χ4v) is 1.44. The molecule has 0 radical (unpaired) electrons. The van der Waals surface area contributed by atoms with E-state index in [0.29, 0.717) is 16.1 Å². The van der Waals surface area contributed by atoms with Gasteiger partial charge in [-0.15, -0.1) is 0 Å². The molecule has 0 aliphatic carbocycles. The number of amides is 1. The predicted octanol–water partition coefficient (Wildman–Crippen LogP) is 2.03. The molecule has 0 aromatic heterocycles. The van der Waals surface area contributed by atoms with E-state index in [0.717, 1.165) is 0 Å². The number of ketones is 1. The Labute approximate surface area is 105 Å². The van der Waals surface area contributed by atoms with Crippen LogP contribution < -0.4 is 5.32 Å². The zero-order chi connectivity index (χ0) is 12.8. The third-order valence-corrected chi connectivity index (χ3v) is 2.33. The summed E-state index contributed by atoms with van der Waals surface area (Å²) in [6.07, 6.45) is 0. The zero-order valence-electron chi connectivity index (χ0n) is 9.63. The van der Waals surface area contributed by atoms with Gasteiger partial charge < -0.3 is 5.32 Å². The molecule has 0 fully saturated rings. The number of Topliss-reactive ketones (excluding diaryl/α,β-unsaturated/α-hetero) is 1. The number of hydrogen-bond donors (Lipinski definition) is 1. The van der Waals surface area contributed by atoms with Crippen molar-refractivity contribution in [2.75, 3.05) is 6.54 Å². The van der Waals surface area contributed by atoms with Gasteiger partial charge in [-0.2, -0.15) is 0 Å². The van der Waals surface area contributed by atoms with Crippen LogP contribution in [0.1, 0.15) is 29.8 Å². The van der Waals surface area contributed by atoms with Crippen molar-refractivity contribution >= 4 is 23.3 Å². The van der Waals surface area contributed by atoms with Crippen molar-refractivity contribution in [1.82, 2.24) is 5.32 Å². The van der Waals surface area contributed by atoms with Gasteiger partial charge in [-0.25, -0.2) is 0 Å². The number of hydrogen-bond acceptors (Lipinski definition) is 2. The second-order valence-corrected chi connectivity index (χ2v) is 3.87. The molecule has 0 saturated heterocycles. The average molecular weight is 250 g/mol. The van der Waals surface area contributed by atoms with E-state index in [1.807, 2.05) is 0 Å². The normalized spacial score (nSPS) is 9.12. The predicted molar refractivity (Wildman–Crippen MR) is 67.0 cm³/mol. The largest absolute Gasteiger partial charge is 0.345 e. The highest BCUT2D eigenvalue weighted by atomic mass is 35.5. The maximum absolute atomic E-state index is 11.2. The van der Waals surface area contributed by atoms with Crippen LogP contribution in [0.4, 0.5) is 0 Å². The Kier molecular flexibility index (Phi) is 4.74. The van der Waals surface area contributed by atoms with Gasteiger partial charge in [0, 0.05) is 18.1 Å². The molecule has 1 rings (SSSR count). The molecule has 0 heterocycles. The molecule has 0 unspecified atom stereocenters. The minimum Gasteiger partial charge on any atom is -0.345 e. The summed E-state index contributed by atoms with van der Waals surface area (Å²) in [5, 5.41) is 2.98. The van der Waals surface area contributed by atoms with Gasteiger partial charge >= 0.3 is 0 Å². The van der Waals surface area contributed by atoms with Crippen molar-refractivity contribution in [2.24, 2.45) is 0 Å². The first-order chi connectivity index (χ1) is 8.00. The number of carbonyl (C=O) groups excluding carboxylic acids is 2. The van der Waals surface area contributed by atoms with E-state index in [-0.39, 0.29) is 18.2 Å². The quantitative estimate of drug-likeness (QED) is 0.644. The molecule has 0 aliphatic heterocycles. The Morgan fingerprint density at radius 3 is 2.65 bits per heavy atom. The van der Waals surface area contributed by atoms with Crippen molar-refractivity contribution < 1.29 is 9.59 Å². The van der Waals surface area contributed by atoms with E-state index in [1.54, 1.807) is 18.2 Å². The highest BCUT2D eigenvalue weighted by Gasteiger charge is 2.05. The molecule has 0 aliphatic rings. The van der Waals surface area contributed by atoms with Crippen LogP contribution in [0.2, 0.25) is 5.02 Å². The highest BCUT2D eigenvalue weighted by Crippen LogP contribution is 2.17. The Bertz CT molecular complexity index is 512. The van der Waals surface area contributed by atoms with E-state index in [1.165, 1.54) is 13.8 Å². The monoisotopic (exact) mass is 249 g/mol. The highest BCUT2D eigenvalue weighted by molar-refractivity contribution is 6.33. The van der Waals surface area contributed by atoms with Crippen molar-refractivity contribution in [3.05, 3.63) is 34.3 Å². The van der Waals surface area contributed by atoms with E-state index >= 15 is 0 Å². The lowest BCUT2D eigenvalue weighted by molar-refractivity contribution is -0.118. The Hall–Kier alpha value is -1.79. The maximum atomic E-state index is 11.2. The number of carbonyl (C=O) groups is 2. The molecule has 4 heteroatoms. The Morgan fingerprint density at radius 1 is 1.35 bits per heavy atom. The van der Waals surface area contributed by atoms with Crippen LogP contribution in [0.3, 0.4) is 0 Å². The lowest BCUT2D eigenvalue weighted by atomic mass is 10.1. The van der Waals surface area contributed by atoms with Crippen molar-refractivity contribution in [3.8, 4) is 11.8 Å². The summed E-state index contributed by atoms with van der Waals surface area (Å²) in [5.74, 6) is 5.41. The molecule has 0 spiro atoms. The van der Waals surface area contributed by atoms with Crippen LogP contribution in [0.15, 0.2) is 18.2 Å². The van der Waals surface area contributed by atoms with Crippen LogP contribution in [0, 0.1) is 11.8 Å². The number of nitrogens with one attached hydrogen (secondary N) is 1. The second-order valence-electron chi connectivity index (χ2n) is 3.46. The van der Waals surface area contributed by atoms with E-state index in [2.05, 4.69) is 17.2 Å². The standard InChI is InChI=1S/C13H12ClNO2/c1-9(16)12-8-11(5-6-13(12)14)4-3-7-15-10(2)17/h5-6,8H,7H2,1-2H3,(H,15,17). The van der Waals surface area contributed by atoms with E-state index < -0.39 is 0 Å². The van der Waals surface area contributed by atoms with Crippen LogP contribution in [-0.4, -0.2) is 18.2 Å². The van der Waals surface area contributed by atoms with Crippen LogP contribution in [0.25, 0.3) is 0 Å². The molecule has 0 atom stereocenters. The summed E-state index contributed by atoms with van der Waals surface area (Å²) in [5.41, 5.74) is 1.16. The smallest absolute Gasteiger partial charge is 0.217 e. The molecule has 17 heavy (non-hydrogen) atoms. The number of rotatable bonds is 2. The summed E-state index contributed by atoms with van der Waals surface area (Å²) in [4.78, 5) is 21.9. The Morgan fingerprint density at radius 2 is 2.06 bits per heavy atom. The second kappa shape index (κ2) is 6.07. The summed E-state index contributed by atoms with van der Waals surface area (Å²) in [7, 11) is 0. The van der Waals surface area contributed by atoms with Gasteiger partial charge in [-0.1, -0.05) is 23.4 Å². The lowest BCUT2D eigenvalue weighted by Crippen LogP contribution is -2.19. The van der Waals surface area contributed by atoms with Crippen molar-refractivity contribution in [1.29, 1.82) is 0 Å². The molecule has 0 bridgehead atoms.